The van der Waals surface area contributed by atoms with Crippen LogP contribution in [0.15, 0.2) is 16.9 Å². The van der Waals surface area contributed by atoms with E-state index < -0.39 is 5.60 Å². The van der Waals surface area contributed by atoms with E-state index in [9.17, 15) is 9.90 Å². The van der Waals surface area contributed by atoms with Crippen LogP contribution in [0.25, 0.3) is 15.7 Å². The maximum Gasteiger partial charge on any atom is 0.288 e. The van der Waals surface area contributed by atoms with Crippen molar-refractivity contribution in [3.05, 3.63) is 32.6 Å². The monoisotopic (exact) mass is 283 g/mol. The Bertz CT molecular complexity index is 809. The molecule has 0 fully saturated rings. The third-order valence-electron chi connectivity index (χ3n) is 2.71. The number of aromatic nitrogens is 3. The molecule has 3 aromatic heterocycles. The van der Waals surface area contributed by atoms with E-state index in [1.165, 1.54) is 11.3 Å². The smallest absolute Gasteiger partial charge is 0.288 e. The van der Waals surface area contributed by atoms with Gasteiger partial charge < -0.3 is 5.11 Å². The van der Waals surface area contributed by atoms with E-state index in [-0.39, 0.29) is 5.56 Å². The number of nitrogens with zero attached hydrogens (tertiary/aromatic N) is 2. The first kappa shape index (κ1) is 11.7. The molecule has 3 aromatic rings. The molecule has 0 amide bonds. The van der Waals surface area contributed by atoms with E-state index in [0.29, 0.717) is 15.7 Å². The second kappa shape index (κ2) is 3.57. The molecule has 0 bridgehead atoms. The van der Waals surface area contributed by atoms with Gasteiger partial charge in [-0.3, -0.25) is 9.20 Å². The van der Waals surface area contributed by atoms with Gasteiger partial charge in [-0.2, -0.15) is 5.10 Å². The van der Waals surface area contributed by atoms with Gasteiger partial charge >= 0.3 is 0 Å². The van der Waals surface area contributed by atoms with Gasteiger partial charge in [0.15, 0.2) is 5.82 Å². The second-order valence-electron chi connectivity index (χ2n) is 4.60. The lowest BCUT2D eigenvalue weighted by Crippen LogP contribution is -2.26. The Labute approximate surface area is 111 Å². The first-order valence-corrected chi connectivity index (χ1v) is 6.49. The molecule has 0 radical (unpaired) electrons. The number of thiophene rings is 1. The van der Waals surface area contributed by atoms with Crippen molar-refractivity contribution in [3.63, 3.8) is 0 Å². The highest BCUT2D eigenvalue weighted by Crippen LogP contribution is 2.32. The Morgan fingerprint density at radius 2 is 2.17 bits per heavy atom. The zero-order valence-electron chi connectivity index (χ0n) is 9.69. The summed E-state index contributed by atoms with van der Waals surface area (Å²) in [6, 6.07) is 3.52. The number of H-pyrrole nitrogens is 1. The molecule has 0 spiro atoms. The summed E-state index contributed by atoms with van der Waals surface area (Å²) in [6.07, 6.45) is 0. The van der Waals surface area contributed by atoms with Crippen molar-refractivity contribution in [2.45, 2.75) is 19.4 Å². The van der Waals surface area contributed by atoms with Crippen LogP contribution in [-0.2, 0) is 5.60 Å². The number of fused-ring (bicyclic) bond motifs is 3. The van der Waals surface area contributed by atoms with E-state index in [4.69, 9.17) is 11.6 Å². The van der Waals surface area contributed by atoms with Crippen LogP contribution in [0, 0.1) is 0 Å². The molecule has 0 aliphatic heterocycles. The summed E-state index contributed by atoms with van der Waals surface area (Å²) in [5, 5.41) is 16.5. The number of hydrogen-bond acceptors (Lipinski definition) is 4. The molecule has 7 heteroatoms. The predicted octanol–water partition coefficient (Wildman–Crippen LogP) is 2.12. The lowest BCUT2D eigenvalue weighted by molar-refractivity contribution is 0.0664. The molecule has 18 heavy (non-hydrogen) atoms. The summed E-state index contributed by atoms with van der Waals surface area (Å²) in [7, 11) is 0. The van der Waals surface area contributed by atoms with Crippen LogP contribution in [0.3, 0.4) is 0 Å². The lowest BCUT2D eigenvalue weighted by Gasteiger charge is -2.17. The third kappa shape index (κ3) is 1.57. The van der Waals surface area contributed by atoms with Crippen molar-refractivity contribution in [2.75, 3.05) is 0 Å². The summed E-state index contributed by atoms with van der Waals surface area (Å²) < 4.78 is 3.18. The van der Waals surface area contributed by atoms with Gasteiger partial charge in [0.05, 0.1) is 14.6 Å². The van der Waals surface area contributed by atoms with Crippen molar-refractivity contribution < 1.29 is 5.11 Å². The van der Waals surface area contributed by atoms with Gasteiger partial charge in [0.1, 0.15) is 11.1 Å². The van der Waals surface area contributed by atoms with Crippen LogP contribution in [0.1, 0.15) is 19.7 Å². The van der Waals surface area contributed by atoms with Crippen molar-refractivity contribution in [2.24, 2.45) is 0 Å². The maximum absolute atomic E-state index is 11.8. The average molecular weight is 284 g/mol. The zero-order chi connectivity index (χ0) is 13.1. The minimum absolute atomic E-state index is 0.289. The molecule has 0 saturated carbocycles. The molecular formula is C11H10ClN3O2S. The van der Waals surface area contributed by atoms with Gasteiger partial charge in [-0.15, -0.1) is 11.3 Å². The first-order valence-electron chi connectivity index (χ1n) is 5.30. The molecular weight excluding hydrogens is 274 g/mol. The van der Waals surface area contributed by atoms with Crippen LogP contribution in [0.5, 0.6) is 0 Å². The Morgan fingerprint density at radius 3 is 2.83 bits per heavy atom. The van der Waals surface area contributed by atoms with Crippen LogP contribution in [0.4, 0.5) is 0 Å². The fourth-order valence-electron chi connectivity index (χ4n) is 1.98. The Morgan fingerprint density at radius 1 is 1.44 bits per heavy atom. The molecule has 94 valence electrons. The second-order valence-corrected chi connectivity index (χ2v) is 6.32. The average Bonchev–Trinajstić information content (AvgIpc) is 2.74. The van der Waals surface area contributed by atoms with Crippen LogP contribution >= 0.6 is 22.9 Å². The summed E-state index contributed by atoms with van der Waals surface area (Å²) >= 11 is 7.36. The number of rotatable bonds is 1. The van der Waals surface area contributed by atoms with E-state index in [1.807, 2.05) is 0 Å². The summed E-state index contributed by atoms with van der Waals surface area (Å²) in [6.45, 7) is 3.24. The topological polar surface area (TPSA) is 70.4 Å². The molecule has 2 N–H and O–H groups in total. The molecule has 3 heterocycles. The van der Waals surface area contributed by atoms with Gasteiger partial charge in [-0.1, -0.05) is 11.6 Å². The largest absolute Gasteiger partial charge is 0.382 e. The van der Waals surface area contributed by atoms with E-state index >= 15 is 0 Å². The Kier molecular flexibility index (Phi) is 2.32. The van der Waals surface area contributed by atoms with Crippen LogP contribution < -0.4 is 5.56 Å². The molecule has 0 aliphatic rings. The van der Waals surface area contributed by atoms with Gasteiger partial charge in [0.2, 0.25) is 0 Å². The number of nitrogens with one attached hydrogen (secondary N) is 1. The summed E-state index contributed by atoms with van der Waals surface area (Å²) in [4.78, 5) is 11.8. The Hall–Kier alpha value is -1.37. The normalized spacial score (nSPS) is 12.7. The first-order chi connectivity index (χ1) is 8.38. The zero-order valence-corrected chi connectivity index (χ0v) is 11.3. The number of aromatic amines is 1. The van der Waals surface area contributed by atoms with Crippen molar-refractivity contribution in [1.29, 1.82) is 0 Å². The fraction of sp³-hybridized carbons (Fsp3) is 0.273. The van der Waals surface area contributed by atoms with E-state index in [0.717, 1.165) is 10.2 Å². The molecule has 0 unspecified atom stereocenters. The van der Waals surface area contributed by atoms with E-state index in [1.54, 1.807) is 30.4 Å². The van der Waals surface area contributed by atoms with Crippen LogP contribution in [-0.4, -0.2) is 19.7 Å². The molecule has 0 aliphatic carbocycles. The minimum atomic E-state index is -1.16. The molecule has 0 atom stereocenters. The Balaban J connectivity index is 2.58. The molecule has 3 rings (SSSR count). The van der Waals surface area contributed by atoms with Gasteiger partial charge in [-0.05, 0) is 26.0 Å². The molecule has 5 nitrogen and oxygen atoms in total. The SMILES string of the molecule is CC(C)(O)c1n[nH]c(=O)c2cc3sc(Cl)cc3n12. The summed E-state index contributed by atoms with van der Waals surface area (Å²) in [5.74, 6) is 0.376. The minimum Gasteiger partial charge on any atom is -0.382 e. The van der Waals surface area contributed by atoms with Gasteiger partial charge in [0, 0.05) is 0 Å². The van der Waals surface area contributed by atoms with E-state index in [2.05, 4.69) is 10.2 Å². The lowest BCUT2D eigenvalue weighted by atomic mass is 10.1. The fourth-order valence-corrected chi connectivity index (χ4v) is 3.14. The highest BCUT2D eigenvalue weighted by molar-refractivity contribution is 7.22. The highest BCUT2D eigenvalue weighted by atomic mass is 35.5. The molecule has 0 saturated heterocycles. The van der Waals surface area contributed by atoms with Crippen molar-refractivity contribution >= 4 is 38.7 Å². The standard InChI is InChI=1S/C11H10ClN3O2S/c1-11(2,17)10-14-13-9(16)6-3-7-5(15(6)10)4-8(12)18-7/h3-4,17H,1-2H3,(H,13,16). The number of hydrogen-bond donors (Lipinski definition) is 2. The predicted molar refractivity (Wildman–Crippen MR) is 71.5 cm³/mol. The highest BCUT2D eigenvalue weighted by Gasteiger charge is 2.24. The van der Waals surface area contributed by atoms with Crippen molar-refractivity contribution in [3.8, 4) is 0 Å². The third-order valence-corrected chi connectivity index (χ3v) is 3.92. The van der Waals surface area contributed by atoms with Gasteiger partial charge in [0.25, 0.3) is 5.56 Å². The quantitative estimate of drug-likeness (QED) is 0.719. The summed E-state index contributed by atoms with van der Waals surface area (Å²) in [5.41, 5.74) is -0.207. The van der Waals surface area contributed by atoms with Gasteiger partial charge in [-0.25, -0.2) is 5.10 Å². The maximum atomic E-state index is 11.8. The van der Waals surface area contributed by atoms with Crippen molar-refractivity contribution in [1.82, 2.24) is 14.6 Å². The van der Waals surface area contributed by atoms with Crippen LogP contribution in [0.2, 0.25) is 4.34 Å². The number of aliphatic hydroxyl groups is 1. The number of halogens is 1. The molecule has 0 aromatic carbocycles.